The summed E-state index contributed by atoms with van der Waals surface area (Å²) in [6.45, 7) is 0.463. The molecule has 0 aromatic heterocycles. The fraction of sp³-hybridized carbons (Fsp3) is 0.250. The van der Waals surface area contributed by atoms with E-state index >= 15 is 0 Å². The summed E-state index contributed by atoms with van der Waals surface area (Å²) in [6.07, 6.45) is 0. The quantitative estimate of drug-likeness (QED) is 0.565. The van der Waals surface area contributed by atoms with E-state index in [9.17, 15) is 0 Å². The van der Waals surface area contributed by atoms with Gasteiger partial charge in [-0.05, 0) is 5.56 Å². The fourth-order valence-corrected chi connectivity index (χ4v) is 1.19. The number of hydrogen-bond acceptors (Lipinski definition) is 0. The van der Waals surface area contributed by atoms with Gasteiger partial charge in [-0.1, -0.05) is 52.9 Å². The number of nitrogens with one attached hydrogen (secondary N) is 1. The molecule has 53 valence electrons. The molecule has 1 rings (SSSR count). The van der Waals surface area contributed by atoms with Crippen LogP contribution in [0, 0.1) is 0 Å². The summed E-state index contributed by atoms with van der Waals surface area (Å²) in [5.74, 6) is 0. The van der Waals surface area contributed by atoms with Crippen LogP contribution >= 0.6 is 22.6 Å². The third-order valence-electron chi connectivity index (χ3n) is 1.34. The zero-order valence-corrected chi connectivity index (χ0v) is 7.71. The van der Waals surface area contributed by atoms with Crippen molar-refractivity contribution in [2.24, 2.45) is 0 Å². The van der Waals surface area contributed by atoms with Crippen molar-refractivity contribution >= 4 is 22.6 Å². The first-order valence-corrected chi connectivity index (χ1v) is 4.43. The first-order chi connectivity index (χ1) is 4.84. The third-order valence-corrected chi connectivity index (χ3v) is 2.50. The summed E-state index contributed by atoms with van der Waals surface area (Å²) in [7, 11) is 0. The molecule has 1 aromatic carbocycles. The average molecular weight is 246 g/mol. The van der Waals surface area contributed by atoms with Crippen molar-refractivity contribution in [2.75, 3.05) is 6.54 Å². The Hall–Kier alpha value is -0.0900. The highest BCUT2D eigenvalue weighted by molar-refractivity contribution is 14.1. The van der Waals surface area contributed by atoms with Gasteiger partial charge in [-0.2, -0.15) is 0 Å². The summed E-state index contributed by atoms with van der Waals surface area (Å²) in [4.78, 5) is 0. The van der Waals surface area contributed by atoms with Gasteiger partial charge in [-0.15, -0.1) is 0 Å². The smallest absolute Gasteiger partial charge is 0.0497 e. The molecule has 10 heavy (non-hydrogen) atoms. The maximum atomic E-state index is 7.14. The highest BCUT2D eigenvalue weighted by Gasteiger charge is 2.01. The van der Waals surface area contributed by atoms with Crippen LogP contribution < -0.4 is 5.73 Å². The average Bonchev–Trinajstić information content (AvgIpc) is 2.05. The van der Waals surface area contributed by atoms with Crippen LogP contribution in [-0.4, -0.2) is 6.54 Å². The minimum Gasteiger partial charge on any atom is -0.256 e. The Morgan fingerprint density at radius 1 is 1.30 bits per heavy atom. The Morgan fingerprint density at radius 3 is 2.40 bits per heavy atom. The van der Waals surface area contributed by atoms with Gasteiger partial charge in [0.05, 0.1) is 0 Å². The lowest BCUT2D eigenvalue weighted by molar-refractivity contribution is 0.947. The molecule has 0 fully saturated rings. The van der Waals surface area contributed by atoms with Crippen LogP contribution in [0.2, 0.25) is 0 Å². The lowest BCUT2D eigenvalue weighted by Crippen LogP contribution is -1.95. The largest absolute Gasteiger partial charge is 0.256 e. The van der Waals surface area contributed by atoms with Crippen molar-refractivity contribution in [3.63, 3.8) is 0 Å². The van der Waals surface area contributed by atoms with Crippen LogP contribution in [-0.2, 0) is 0 Å². The Balaban J connectivity index is 2.75. The predicted molar refractivity (Wildman–Crippen MR) is 51.2 cm³/mol. The summed E-state index contributed by atoms with van der Waals surface area (Å²) < 4.78 is 0.346. The fourth-order valence-electron chi connectivity index (χ4n) is 0.780. The molecule has 1 aromatic rings. The van der Waals surface area contributed by atoms with Crippen molar-refractivity contribution in [1.29, 1.82) is 0 Å². The van der Waals surface area contributed by atoms with E-state index in [1.807, 2.05) is 18.2 Å². The summed E-state index contributed by atoms with van der Waals surface area (Å²) in [5, 5.41) is 0. The van der Waals surface area contributed by atoms with E-state index in [1.165, 1.54) is 5.56 Å². The van der Waals surface area contributed by atoms with Crippen LogP contribution in [0.5, 0.6) is 0 Å². The van der Waals surface area contributed by atoms with Gasteiger partial charge in [0.1, 0.15) is 0 Å². The number of hydrogen-bond donors (Lipinski definition) is 0. The zero-order chi connectivity index (χ0) is 7.40. The molecule has 0 amide bonds. The molecule has 0 bridgehead atoms. The standard InChI is InChI=1S/C8H9IN/c9-8(6-10)7-4-2-1-3-5-7/h1-5,8,10H,6H2. The van der Waals surface area contributed by atoms with Crippen LogP contribution in [0.15, 0.2) is 30.3 Å². The number of halogens is 1. The topological polar surface area (TPSA) is 23.8 Å². The molecule has 1 radical (unpaired) electrons. The molecule has 0 aliphatic heterocycles. The van der Waals surface area contributed by atoms with Crippen molar-refractivity contribution in [3.05, 3.63) is 35.9 Å². The summed E-state index contributed by atoms with van der Waals surface area (Å²) in [5.41, 5.74) is 8.39. The molecule has 1 unspecified atom stereocenters. The monoisotopic (exact) mass is 246 g/mol. The molecule has 1 atom stereocenters. The molecular formula is C8H9IN. The van der Waals surface area contributed by atoms with E-state index in [4.69, 9.17) is 5.73 Å². The van der Waals surface area contributed by atoms with E-state index in [1.54, 1.807) is 0 Å². The highest BCUT2D eigenvalue weighted by Crippen LogP contribution is 2.20. The van der Waals surface area contributed by atoms with Crippen molar-refractivity contribution in [1.82, 2.24) is 5.73 Å². The Morgan fingerprint density at radius 2 is 1.90 bits per heavy atom. The summed E-state index contributed by atoms with van der Waals surface area (Å²) in [6, 6.07) is 10.1. The van der Waals surface area contributed by atoms with Crippen LogP contribution in [0.25, 0.3) is 0 Å². The molecule has 1 N–H and O–H groups in total. The van der Waals surface area contributed by atoms with Gasteiger partial charge in [0.15, 0.2) is 0 Å². The summed E-state index contributed by atoms with van der Waals surface area (Å²) >= 11 is 2.28. The first kappa shape index (κ1) is 8.01. The second kappa shape index (κ2) is 3.93. The lowest BCUT2D eigenvalue weighted by Gasteiger charge is -2.04. The highest BCUT2D eigenvalue weighted by atomic mass is 127. The second-order valence-corrected chi connectivity index (χ2v) is 3.59. The normalized spacial score (nSPS) is 13.0. The second-order valence-electron chi connectivity index (χ2n) is 2.08. The maximum Gasteiger partial charge on any atom is 0.0497 e. The van der Waals surface area contributed by atoms with Gasteiger partial charge in [0.25, 0.3) is 0 Å². The van der Waals surface area contributed by atoms with E-state index in [2.05, 4.69) is 34.7 Å². The molecule has 0 saturated carbocycles. The van der Waals surface area contributed by atoms with E-state index < -0.39 is 0 Å². The van der Waals surface area contributed by atoms with Crippen molar-refractivity contribution < 1.29 is 0 Å². The maximum absolute atomic E-state index is 7.14. The third kappa shape index (κ3) is 1.95. The Kier molecular flexibility index (Phi) is 3.15. The number of alkyl halides is 1. The Bertz CT molecular complexity index is 186. The molecule has 0 heterocycles. The predicted octanol–water partition coefficient (Wildman–Crippen LogP) is 2.45. The lowest BCUT2D eigenvalue weighted by atomic mass is 10.2. The molecule has 1 nitrogen and oxygen atoms in total. The molecule has 0 saturated heterocycles. The van der Waals surface area contributed by atoms with E-state index in [0.717, 1.165) is 0 Å². The SMILES string of the molecule is [NH]CC(I)c1ccccc1. The van der Waals surface area contributed by atoms with Gasteiger partial charge >= 0.3 is 0 Å². The zero-order valence-electron chi connectivity index (χ0n) is 5.55. The van der Waals surface area contributed by atoms with Gasteiger partial charge in [0, 0.05) is 10.5 Å². The van der Waals surface area contributed by atoms with Gasteiger partial charge in [0.2, 0.25) is 0 Å². The van der Waals surface area contributed by atoms with Gasteiger partial charge in [-0.25, -0.2) is 0 Å². The minimum atomic E-state index is 0.346. The number of rotatable bonds is 2. The Labute approximate surface area is 74.8 Å². The van der Waals surface area contributed by atoms with Gasteiger partial charge in [-0.3, -0.25) is 5.73 Å². The minimum absolute atomic E-state index is 0.346. The van der Waals surface area contributed by atoms with Crippen molar-refractivity contribution in [2.45, 2.75) is 3.92 Å². The number of benzene rings is 1. The molecule has 0 aliphatic rings. The van der Waals surface area contributed by atoms with Crippen LogP contribution in [0.3, 0.4) is 0 Å². The molecular weight excluding hydrogens is 237 g/mol. The van der Waals surface area contributed by atoms with Gasteiger partial charge < -0.3 is 0 Å². The molecule has 0 aliphatic carbocycles. The van der Waals surface area contributed by atoms with E-state index in [0.29, 0.717) is 10.5 Å². The van der Waals surface area contributed by atoms with Crippen molar-refractivity contribution in [3.8, 4) is 0 Å². The van der Waals surface area contributed by atoms with Crippen LogP contribution in [0.1, 0.15) is 9.49 Å². The van der Waals surface area contributed by atoms with E-state index in [-0.39, 0.29) is 0 Å². The molecule has 0 spiro atoms. The first-order valence-electron chi connectivity index (χ1n) is 3.18. The van der Waals surface area contributed by atoms with Crippen LogP contribution in [0.4, 0.5) is 0 Å². The molecule has 2 heteroatoms.